The van der Waals surface area contributed by atoms with Gasteiger partial charge < -0.3 is 10.0 Å². The van der Waals surface area contributed by atoms with Gasteiger partial charge in [0.1, 0.15) is 9.88 Å². The number of thiazole rings is 1. The van der Waals surface area contributed by atoms with Gasteiger partial charge in [0.2, 0.25) is 5.91 Å². The highest BCUT2D eigenvalue weighted by atomic mass is 35.5. The van der Waals surface area contributed by atoms with Crippen LogP contribution < -0.4 is 0 Å². The Kier molecular flexibility index (Phi) is 6.50. The van der Waals surface area contributed by atoms with Crippen LogP contribution in [0.1, 0.15) is 71.0 Å². The van der Waals surface area contributed by atoms with E-state index in [1.54, 1.807) is 12.1 Å². The van der Waals surface area contributed by atoms with E-state index < -0.39 is 5.97 Å². The van der Waals surface area contributed by atoms with Crippen LogP contribution in [0.25, 0.3) is 0 Å². The molecule has 1 aromatic carbocycles. The molecule has 2 aromatic rings. The number of carbonyl (C=O) groups excluding carboxylic acids is 1. The molecule has 0 bridgehead atoms. The summed E-state index contributed by atoms with van der Waals surface area (Å²) in [6.07, 6.45) is 4.60. The van der Waals surface area contributed by atoms with E-state index in [0.717, 1.165) is 42.8 Å². The lowest BCUT2D eigenvalue weighted by atomic mass is 10.1. The van der Waals surface area contributed by atoms with Crippen LogP contribution in [0.3, 0.4) is 0 Å². The Bertz CT molecular complexity index is 819. The minimum atomic E-state index is -0.968. The van der Waals surface area contributed by atoms with Gasteiger partial charge in [-0.25, -0.2) is 9.78 Å². The van der Waals surface area contributed by atoms with Crippen LogP contribution in [-0.4, -0.2) is 33.4 Å². The maximum absolute atomic E-state index is 12.5. The van der Waals surface area contributed by atoms with Crippen LogP contribution in [-0.2, 0) is 11.2 Å². The number of nitrogens with zero attached hydrogens (tertiary/aromatic N) is 2. The number of carboxylic acid groups (broad SMARTS) is 1. The molecule has 7 heteroatoms. The Balaban J connectivity index is 1.84. The lowest BCUT2D eigenvalue weighted by Crippen LogP contribution is -2.30. The fraction of sp³-hybridized carbons (Fsp3) is 0.450. The number of aromatic carboxylic acids is 1. The number of halogens is 1. The third-order valence-corrected chi connectivity index (χ3v) is 6.23. The lowest BCUT2D eigenvalue weighted by molar-refractivity contribution is -0.132. The van der Waals surface area contributed by atoms with E-state index in [-0.39, 0.29) is 16.8 Å². The van der Waals surface area contributed by atoms with Crippen LogP contribution in [0.4, 0.5) is 0 Å². The van der Waals surface area contributed by atoms with Crippen LogP contribution in [0, 0.1) is 0 Å². The molecule has 1 aliphatic heterocycles. The molecule has 1 N–H and O–H groups in total. The summed E-state index contributed by atoms with van der Waals surface area (Å²) in [5.41, 5.74) is 1.51. The maximum atomic E-state index is 12.5. The number of benzene rings is 1. The van der Waals surface area contributed by atoms with Gasteiger partial charge in [-0.15, -0.1) is 11.3 Å². The molecule has 144 valence electrons. The van der Waals surface area contributed by atoms with Gasteiger partial charge >= 0.3 is 5.97 Å². The molecule has 1 amide bonds. The predicted molar refractivity (Wildman–Crippen MR) is 107 cm³/mol. The summed E-state index contributed by atoms with van der Waals surface area (Å²) in [5.74, 6) is -0.824. The summed E-state index contributed by atoms with van der Waals surface area (Å²) >= 11 is 7.12. The number of carbonyl (C=O) groups is 2. The van der Waals surface area contributed by atoms with Gasteiger partial charge in [0.05, 0.1) is 11.7 Å². The van der Waals surface area contributed by atoms with E-state index in [4.69, 9.17) is 11.6 Å². The first-order valence-corrected chi connectivity index (χ1v) is 10.5. The summed E-state index contributed by atoms with van der Waals surface area (Å²) < 4.78 is 0. The molecule has 1 atom stereocenters. The summed E-state index contributed by atoms with van der Waals surface area (Å²) in [7, 11) is 0. The molecule has 27 heavy (non-hydrogen) atoms. The van der Waals surface area contributed by atoms with Gasteiger partial charge in [-0.1, -0.05) is 37.1 Å². The normalized spacial score (nSPS) is 16.7. The number of rotatable bonds is 7. The van der Waals surface area contributed by atoms with Crippen LogP contribution in [0.2, 0.25) is 5.02 Å². The molecule has 1 fully saturated rings. The number of hydrogen-bond donors (Lipinski definition) is 1. The summed E-state index contributed by atoms with van der Waals surface area (Å²) in [5, 5.41) is 11.0. The number of hydrogen-bond acceptors (Lipinski definition) is 4. The smallest absolute Gasteiger partial charge is 0.347 e. The van der Waals surface area contributed by atoms with Crippen molar-refractivity contribution in [2.24, 2.45) is 0 Å². The molecule has 5 nitrogen and oxygen atoms in total. The zero-order valence-electron chi connectivity index (χ0n) is 15.3. The molecule has 0 spiro atoms. The summed E-state index contributed by atoms with van der Waals surface area (Å²) in [4.78, 5) is 31.0. The Morgan fingerprint density at radius 3 is 2.74 bits per heavy atom. The van der Waals surface area contributed by atoms with Crippen molar-refractivity contribution in [1.82, 2.24) is 9.88 Å². The molecular weight excluding hydrogens is 384 g/mol. The molecule has 3 rings (SSSR count). The fourth-order valence-electron chi connectivity index (χ4n) is 3.39. The Hall–Kier alpha value is -1.92. The molecule has 0 aliphatic carbocycles. The van der Waals surface area contributed by atoms with E-state index in [0.29, 0.717) is 23.6 Å². The largest absolute Gasteiger partial charge is 0.477 e. The molecule has 1 aliphatic rings. The van der Waals surface area contributed by atoms with Gasteiger partial charge in [-0.3, -0.25) is 4.79 Å². The third-order valence-electron chi connectivity index (χ3n) is 4.80. The van der Waals surface area contributed by atoms with E-state index in [9.17, 15) is 14.7 Å². The first-order valence-electron chi connectivity index (χ1n) is 9.26. The Morgan fingerprint density at radius 2 is 2.07 bits per heavy atom. The monoisotopic (exact) mass is 406 g/mol. The second-order valence-electron chi connectivity index (χ2n) is 6.79. The number of likely N-dealkylation sites (tertiary alicyclic amines) is 1. The van der Waals surface area contributed by atoms with Crippen molar-refractivity contribution in [2.75, 3.05) is 6.54 Å². The first-order chi connectivity index (χ1) is 13.0. The zero-order valence-corrected chi connectivity index (χ0v) is 16.9. The van der Waals surface area contributed by atoms with E-state index in [1.165, 1.54) is 11.3 Å². The Labute approximate surface area is 168 Å². The van der Waals surface area contributed by atoms with Crippen molar-refractivity contribution in [1.29, 1.82) is 0 Å². The first kappa shape index (κ1) is 19.8. The minimum absolute atomic E-state index is 0.101. The molecular formula is C20H23ClN2O3S. The van der Waals surface area contributed by atoms with E-state index in [2.05, 4.69) is 11.9 Å². The average molecular weight is 407 g/mol. The predicted octanol–water partition coefficient (Wildman–Crippen LogP) is 4.94. The van der Waals surface area contributed by atoms with Crippen molar-refractivity contribution in [2.45, 2.75) is 51.5 Å². The molecule has 0 radical (unpaired) electrons. The number of unbranched alkanes of at least 4 members (excludes halogenated alkanes) is 1. The van der Waals surface area contributed by atoms with Gasteiger partial charge in [-0.05, 0) is 37.0 Å². The van der Waals surface area contributed by atoms with Gasteiger partial charge in [-0.2, -0.15) is 0 Å². The van der Waals surface area contributed by atoms with Crippen LogP contribution in [0.15, 0.2) is 24.3 Å². The van der Waals surface area contributed by atoms with E-state index >= 15 is 0 Å². The van der Waals surface area contributed by atoms with Crippen molar-refractivity contribution in [3.63, 3.8) is 0 Å². The highest BCUT2D eigenvalue weighted by Gasteiger charge is 2.33. The SMILES string of the molecule is CCCCC(=O)N1CCCC1c1nc(Cc2ccc(Cl)cc2)c(C(=O)O)s1. The van der Waals surface area contributed by atoms with Crippen molar-refractivity contribution in [3.05, 3.63) is 50.4 Å². The van der Waals surface area contributed by atoms with Gasteiger partial charge in [0.25, 0.3) is 0 Å². The molecule has 1 unspecified atom stereocenters. The van der Waals surface area contributed by atoms with Crippen LogP contribution in [0.5, 0.6) is 0 Å². The Morgan fingerprint density at radius 1 is 1.33 bits per heavy atom. The average Bonchev–Trinajstić information content (AvgIpc) is 3.28. The number of aromatic nitrogens is 1. The van der Waals surface area contributed by atoms with Gasteiger partial charge in [0.15, 0.2) is 0 Å². The highest BCUT2D eigenvalue weighted by molar-refractivity contribution is 7.13. The third kappa shape index (κ3) is 4.68. The molecule has 1 aromatic heterocycles. The lowest BCUT2D eigenvalue weighted by Gasteiger charge is -2.23. The fourth-order valence-corrected chi connectivity index (χ4v) is 4.58. The number of carboxylic acids is 1. The standard InChI is InChI=1S/C20H23ClN2O3S/c1-2-3-6-17(24)23-11-4-5-16(23)19-22-15(18(27-19)20(25)26)12-13-7-9-14(21)10-8-13/h7-10,16H,2-6,11-12H2,1H3,(H,25,26). The quantitative estimate of drug-likeness (QED) is 0.706. The highest BCUT2D eigenvalue weighted by Crippen LogP contribution is 2.36. The molecule has 0 saturated carbocycles. The second-order valence-corrected chi connectivity index (χ2v) is 8.25. The van der Waals surface area contributed by atoms with Crippen LogP contribution >= 0.6 is 22.9 Å². The molecule has 1 saturated heterocycles. The summed E-state index contributed by atoms with van der Waals surface area (Å²) in [6, 6.07) is 7.23. The number of amides is 1. The van der Waals surface area contributed by atoms with E-state index in [1.807, 2.05) is 17.0 Å². The van der Waals surface area contributed by atoms with Crippen molar-refractivity contribution >= 4 is 34.8 Å². The summed E-state index contributed by atoms with van der Waals surface area (Å²) in [6.45, 7) is 2.79. The van der Waals surface area contributed by atoms with Crippen molar-refractivity contribution in [3.8, 4) is 0 Å². The topological polar surface area (TPSA) is 70.5 Å². The zero-order chi connectivity index (χ0) is 19.4. The van der Waals surface area contributed by atoms with Gasteiger partial charge in [0, 0.05) is 24.4 Å². The molecule has 2 heterocycles. The van der Waals surface area contributed by atoms with Crippen molar-refractivity contribution < 1.29 is 14.7 Å². The second kappa shape index (κ2) is 8.85. The maximum Gasteiger partial charge on any atom is 0.347 e. The minimum Gasteiger partial charge on any atom is -0.477 e.